The third kappa shape index (κ3) is 2.29. The molecule has 2 aromatic carbocycles. The Labute approximate surface area is 123 Å². The number of fused-ring (bicyclic) bond motifs is 1. The van der Waals surface area contributed by atoms with Crippen LogP contribution in [0, 0.1) is 0 Å². The number of benzene rings is 2. The molecular formula is C15H11Br2N. The van der Waals surface area contributed by atoms with E-state index < -0.39 is 0 Å². The predicted octanol–water partition coefficient (Wildman–Crippen LogP) is 4.61. The van der Waals surface area contributed by atoms with Gasteiger partial charge in [0.1, 0.15) is 0 Å². The van der Waals surface area contributed by atoms with Crippen LogP contribution in [0.2, 0.25) is 0 Å². The molecule has 1 nitrogen and oxygen atoms in total. The van der Waals surface area contributed by atoms with Gasteiger partial charge in [0.15, 0.2) is 0 Å². The topological polar surface area (TPSA) is 12.4 Å². The molecule has 0 saturated carbocycles. The standard InChI is InChI=1S/C15H11Br2N/c16-12-3-1-2-11(8-12)15-14-9-13(17)5-4-10(14)6-7-18-15/h1-5,8-9H,6-7H2. The quantitative estimate of drug-likeness (QED) is 0.700. The van der Waals surface area contributed by atoms with Crippen molar-refractivity contribution >= 4 is 37.6 Å². The first-order valence-corrected chi connectivity index (χ1v) is 7.42. The van der Waals surface area contributed by atoms with E-state index in [2.05, 4.69) is 62.2 Å². The molecule has 3 heteroatoms. The van der Waals surface area contributed by atoms with Gasteiger partial charge in [-0.2, -0.15) is 0 Å². The van der Waals surface area contributed by atoms with Crippen LogP contribution in [0.4, 0.5) is 0 Å². The van der Waals surface area contributed by atoms with Crippen molar-refractivity contribution in [3.8, 4) is 0 Å². The maximum Gasteiger partial charge on any atom is 0.0722 e. The zero-order chi connectivity index (χ0) is 12.5. The maximum absolute atomic E-state index is 4.70. The molecule has 0 aromatic heterocycles. The van der Waals surface area contributed by atoms with Crippen molar-refractivity contribution in [2.75, 3.05) is 6.54 Å². The minimum Gasteiger partial charge on any atom is -0.284 e. The lowest BCUT2D eigenvalue weighted by Crippen LogP contribution is -2.14. The van der Waals surface area contributed by atoms with Crippen molar-refractivity contribution < 1.29 is 0 Å². The summed E-state index contributed by atoms with van der Waals surface area (Å²) >= 11 is 7.06. The Morgan fingerprint density at radius 3 is 2.61 bits per heavy atom. The summed E-state index contributed by atoms with van der Waals surface area (Å²) in [7, 11) is 0. The molecule has 0 unspecified atom stereocenters. The summed E-state index contributed by atoms with van der Waals surface area (Å²) in [5, 5.41) is 0. The van der Waals surface area contributed by atoms with Crippen LogP contribution in [0.1, 0.15) is 16.7 Å². The lowest BCUT2D eigenvalue weighted by Gasteiger charge is -2.17. The Hall–Kier alpha value is -0.930. The number of hydrogen-bond acceptors (Lipinski definition) is 1. The van der Waals surface area contributed by atoms with Gasteiger partial charge >= 0.3 is 0 Å². The number of nitrogens with zero attached hydrogens (tertiary/aromatic N) is 1. The molecule has 1 heterocycles. The normalized spacial score (nSPS) is 14.0. The van der Waals surface area contributed by atoms with E-state index in [1.807, 2.05) is 12.1 Å². The van der Waals surface area contributed by atoms with Crippen molar-refractivity contribution in [1.82, 2.24) is 0 Å². The molecule has 1 aliphatic heterocycles. The molecule has 0 bridgehead atoms. The summed E-state index contributed by atoms with van der Waals surface area (Å²) in [6.45, 7) is 0.872. The molecule has 0 N–H and O–H groups in total. The van der Waals surface area contributed by atoms with Crippen LogP contribution < -0.4 is 0 Å². The van der Waals surface area contributed by atoms with Gasteiger partial charge in [0, 0.05) is 26.6 Å². The largest absolute Gasteiger partial charge is 0.284 e. The van der Waals surface area contributed by atoms with Crippen LogP contribution in [0.15, 0.2) is 56.4 Å². The van der Waals surface area contributed by atoms with E-state index >= 15 is 0 Å². The number of rotatable bonds is 1. The average molecular weight is 365 g/mol. The van der Waals surface area contributed by atoms with Crippen LogP contribution in [0.3, 0.4) is 0 Å². The van der Waals surface area contributed by atoms with Gasteiger partial charge in [-0.05, 0) is 36.2 Å². The van der Waals surface area contributed by atoms with Crippen molar-refractivity contribution in [3.05, 3.63) is 68.1 Å². The molecule has 0 spiro atoms. The van der Waals surface area contributed by atoms with E-state index in [1.54, 1.807) is 0 Å². The summed E-state index contributed by atoms with van der Waals surface area (Å²) in [5.41, 5.74) is 4.89. The van der Waals surface area contributed by atoms with Crippen molar-refractivity contribution in [2.45, 2.75) is 6.42 Å². The number of hydrogen-bond donors (Lipinski definition) is 0. The molecule has 2 aromatic rings. The van der Waals surface area contributed by atoms with Crippen LogP contribution in [-0.2, 0) is 6.42 Å². The van der Waals surface area contributed by atoms with Crippen LogP contribution in [0.25, 0.3) is 0 Å². The lowest BCUT2D eigenvalue weighted by molar-refractivity contribution is 0.943. The number of aliphatic imine (C=N–C) groups is 1. The fourth-order valence-corrected chi connectivity index (χ4v) is 3.00. The fraction of sp³-hybridized carbons (Fsp3) is 0.133. The van der Waals surface area contributed by atoms with E-state index in [4.69, 9.17) is 4.99 Å². The second-order valence-electron chi connectivity index (χ2n) is 4.29. The van der Waals surface area contributed by atoms with E-state index in [0.29, 0.717) is 0 Å². The summed E-state index contributed by atoms with van der Waals surface area (Å²) in [5.74, 6) is 0. The van der Waals surface area contributed by atoms with Gasteiger partial charge in [0.25, 0.3) is 0 Å². The fourth-order valence-electron chi connectivity index (χ4n) is 2.24. The molecule has 0 fully saturated rings. The van der Waals surface area contributed by atoms with Gasteiger partial charge in [0.05, 0.1) is 5.71 Å². The Balaban J connectivity index is 2.14. The van der Waals surface area contributed by atoms with Gasteiger partial charge < -0.3 is 0 Å². The average Bonchev–Trinajstić information content (AvgIpc) is 2.38. The molecule has 3 rings (SSSR count). The maximum atomic E-state index is 4.70. The lowest BCUT2D eigenvalue weighted by atomic mass is 9.93. The van der Waals surface area contributed by atoms with E-state index in [-0.39, 0.29) is 0 Å². The van der Waals surface area contributed by atoms with Crippen molar-refractivity contribution in [2.24, 2.45) is 4.99 Å². The van der Waals surface area contributed by atoms with Gasteiger partial charge in [-0.3, -0.25) is 4.99 Å². The van der Waals surface area contributed by atoms with Gasteiger partial charge in [-0.15, -0.1) is 0 Å². The van der Waals surface area contributed by atoms with Gasteiger partial charge in [-0.1, -0.05) is 50.1 Å². The second kappa shape index (κ2) is 4.98. The SMILES string of the molecule is Brc1cccc(C2=NCCc3ccc(Br)cc32)c1. The van der Waals surface area contributed by atoms with E-state index in [1.165, 1.54) is 16.7 Å². The zero-order valence-electron chi connectivity index (χ0n) is 9.66. The van der Waals surface area contributed by atoms with Crippen molar-refractivity contribution in [3.63, 3.8) is 0 Å². The predicted molar refractivity (Wildman–Crippen MR) is 82.5 cm³/mol. The van der Waals surface area contributed by atoms with Crippen LogP contribution >= 0.6 is 31.9 Å². The Morgan fingerprint density at radius 2 is 1.78 bits per heavy atom. The summed E-state index contributed by atoms with van der Waals surface area (Å²) < 4.78 is 2.19. The highest BCUT2D eigenvalue weighted by Crippen LogP contribution is 2.25. The second-order valence-corrected chi connectivity index (χ2v) is 6.12. The van der Waals surface area contributed by atoms with E-state index in [0.717, 1.165) is 27.6 Å². The highest BCUT2D eigenvalue weighted by Gasteiger charge is 2.16. The molecule has 0 atom stereocenters. The molecule has 0 aliphatic carbocycles. The first-order chi connectivity index (χ1) is 8.74. The Kier molecular flexibility index (Phi) is 3.35. The van der Waals surface area contributed by atoms with E-state index in [9.17, 15) is 0 Å². The summed E-state index contributed by atoms with van der Waals surface area (Å²) in [6.07, 6.45) is 1.03. The first kappa shape index (κ1) is 12.1. The highest BCUT2D eigenvalue weighted by atomic mass is 79.9. The molecule has 0 radical (unpaired) electrons. The minimum absolute atomic E-state index is 0.872. The molecule has 0 amide bonds. The van der Waals surface area contributed by atoms with Gasteiger partial charge in [-0.25, -0.2) is 0 Å². The Morgan fingerprint density at radius 1 is 0.944 bits per heavy atom. The third-order valence-electron chi connectivity index (χ3n) is 3.08. The Bertz CT molecular complexity index is 632. The number of halogens is 2. The summed E-state index contributed by atoms with van der Waals surface area (Å²) in [4.78, 5) is 4.70. The molecular weight excluding hydrogens is 354 g/mol. The van der Waals surface area contributed by atoms with Crippen LogP contribution in [-0.4, -0.2) is 12.3 Å². The molecule has 0 saturated heterocycles. The van der Waals surface area contributed by atoms with Gasteiger partial charge in [0.2, 0.25) is 0 Å². The summed E-state index contributed by atoms with van der Waals surface area (Å²) in [6, 6.07) is 14.8. The molecule has 90 valence electrons. The highest BCUT2D eigenvalue weighted by molar-refractivity contribution is 9.10. The smallest absolute Gasteiger partial charge is 0.0722 e. The van der Waals surface area contributed by atoms with Crippen molar-refractivity contribution in [1.29, 1.82) is 0 Å². The van der Waals surface area contributed by atoms with Crippen LogP contribution in [0.5, 0.6) is 0 Å². The third-order valence-corrected chi connectivity index (χ3v) is 4.06. The zero-order valence-corrected chi connectivity index (χ0v) is 12.8. The minimum atomic E-state index is 0.872. The molecule has 1 aliphatic rings. The monoisotopic (exact) mass is 363 g/mol. The molecule has 18 heavy (non-hydrogen) atoms. The first-order valence-electron chi connectivity index (χ1n) is 5.83.